The number of hydrogen-bond donors (Lipinski definition) is 0. The second kappa shape index (κ2) is 3.57. The van der Waals surface area contributed by atoms with Crippen molar-refractivity contribution in [3.8, 4) is 0 Å². The molecular formula is C10H20O. The molecule has 1 heteroatoms. The lowest BCUT2D eigenvalue weighted by Crippen LogP contribution is -2.23. The molecule has 0 saturated carbocycles. The molecule has 66 valence electrons. The van der Waals surface area contributed by atoms with Crippen LogP contribution in [0.1, 0.15) is 40.0 Å². The van der Waals surface area contributed by atoms with Gasteiger partial charge < -0.3 is 4.74 Å². The molecule has 1 aliphatic rings. The van der Waals surface area contributed by atoms with Gasteiger partial charge in [-0.05, 0) is 24.2 Å². The summed E-state index contributed by atoms with van der Waals surface area (Å²) in [6.07, 6.45) is 3.96. The lowest BCUT2D eigenvalue weighted by Gasteiger charge is -2.28. The van der Waals surface area contributed by atoms with E-state index in [1.54, 1.807) is 0 Å². The van der Waals surface area contributed by atoms with Crippen molar-refractivity contribution in [3.05, 3.63) is 0 Å². The molecular weight excluding hydrogens is 136 g/mol. The molecule has 0 aromatic heterocycles. The van der Waals surface area contributed by atoms with E-state index in [9.17, 15) is 0 Å². The van der Waals surface area contributed by atoms with Gasteiger partial charge in [0.2, 0.25) is 0 Å². The van der Waals surface area contributed by atoms with Gasteiger partial charge in [-0.25, -0.2) is 0 Å². The molecule has 0 bridgehead atoms. The van der Waals surface area contributed by atoms with E-state index >= 15 is 0 Å². The first kappa shape index (κ1) is 9.05. The Bertz CT molecular complexity index is 105. The minimum absolute atomic E-state index is 0.435. The van der Waals surface area contributed by atoms with Gasteiger partial charge in [0.05, 0.1) is 0 Å². The Morgan fingerprint density at radius 2 is 1.91 bits per heavy atom. The molecule has 1 rings (SSSR count). The topological polar surface area (TPSA) is 9.23 Å². The van der Waals surface area contributed by atoms with Gasteiger partial charge in [0, 0.05) is 13.2 Å². The smallest absolute Gasteiger partial charge is 0.0499 e. The van der Waals surface area contributed by atoms with Gasteiger partial charge in [-0.2, -0.15) is 0 Å². The van der Waals surface area contributed by atoms with Crippen molar-refractivity contribution in [1.82, 2.24) is 0 Å². The van der Waals surface area contributed by atoms with E-state index in [0.29, 0.717) is 5.41 Å². The van der Waals surface area contributed by atoms with Crippen LogP contribution in [0.4, 0.5) is 0 Å². The summed E-state index contributed by atoms with van der Waals surface area (Å²) < 4.78 is 5.53. The fraction of sp³-hybridized carbons (Fsp3) is 1.00. The first-order chi connectivity index (χ1) is 5.11. The zero-order valence-corrected chi connectivity index (χ0v) is 8.02. The highest BCUT2D eigenvalue weighted by molar-refractivity contribution is 4.74. The fourth-order valence-electron chi connectivity index (χ4n) is 1.59. The summed E-state index contributed by atoms with van der Waals surface area (Å²) in [6.45, 7) is 8.89. The van der Waals surface area contributed by atoms with E-state index in [4.69, 9.17) is 4.74 Å². The lowest BCUT2D eigenvalue weighted by molar-refractivity contribution is 0.0714. The Labute approximate surface area is 70.1 Å². The molecule has 11 heavy (non-hydrogen) atoms. The highest BCUT2D eigenvalue weighted by Gasteiger charge is 2.25. The Balaban J connectivity index is 2.43. The molecule has 0 spiro atoms. The first-order valence-electron chi connectivity index (χ1n) is 4.68. The van der Waals surface area contributed by atoms with Crippen molar-refractivity contribution in [2.45, 2.75) is 40.0 Å². The molecule has 0 N–H and O–H groups in total. The Kier molecular flexibility index (Phi) is 2.94. The molecule has 0 aromatic rings. The minimum atomic E-state index is 0.435. The van der Waals surface area contributed by atoms with Crippen LogP contribution >= 0.6 is 0 Å². The molecule has 1 fully saturated rings. The normalized spacial score (nSPS) is 28.1. The summed E-state index contributed by atoms with van der Waals surface area (Å²) in [5.74, 6) is 0.769. The summed E-state index contributed by atoms with van der Waals surface area (Å²) in [6, 6.07) is 0. The third-order valence-corrected chi connectivity index (χ3v) is 2.64. The largest absolute Gasteiger partial charge is 0.381 e. The molecule has 1 aliphatic heterocycles. The second-order valence-corrected chi connectivity index (χ2v) is 4.63. The van der Waals surface area contributed by atoms with Crippen LogP contribution in [0.25, 0.3) is 0 Å². The van der Waals surface area contributed by atoms with Gasteiger partial charge in [-0.3, -0.25) is 0 Å². The number of ether oxygens (including phenoxy) is 1. The average molecular weight is 156 g/mol. The maximum absolute atomic E-state index is 5.53. The van der Waals surface area contributed by atoms with E-state index < -0.39 is 0 Å². The van der Waals surface area contributed by atoms with Gasteiger partial charge in [0.15, 0.2) is 0 Å². The molecule has 1 saturated heterocycles. The van der Waals surface area contributed by atoms with Crippen molar-refractivity contribution in [2.75, 3.05) is 13.2 Å². The van der Waals surface area contributed by atoms with E-state index in [-0.39, 0.29) is 0 Å². The fourth-order valence-corrected chi connectivity index (χ4v) is 1.59. The van der Waals surface area contributed by atoms with Crippen LogP contribution in [0.3, 0.4) is 0 Å². The van der Waals surface area contributed by atoms with E-state index in [1.807, 2.05) is 0 Å². The summed E-state index contributed by atoms with van der Waals surface area (Å²) in [5, 5.41) is 0. The van der Waals surface area contributed by atoms with Crippen LogP contribution in [0, 0.1) is 11.3 Å². The van der Waals surface area contributed by atoms with E-state index in [2.05, 4.69) is 20.8 Å². The van der Waals surface area contributed by atoms with Crippen LogP contribution in [-0.2, 0) is 4.74 Å². The monoisotopic (exact) mass is 156 g/mol. The van der Waals surface area contributed by atoms with Crippen molar-refractivity contribution in [3.63, 3.8) is 0 Å². The minimum Gasteiger partial charge on any atom is -0.381 e. The van der Waals surface area contributed by atoms with Crippen molar-refractivity contribution < 1.29 is 4.74 Å². The second-order valence-electron chi connectivity index (χ2n) is 4.63. The molecule has 1 nitrogen and oxygen atoms in total. The van der Waals surface area contributed by atoms with Gasteiger partial charge in [0.1, 0.15) is 0 Å². The zero-order chi connectivity index (χ0) is 8.32. The maximum Gasteiger partial charge on any atom is 0.0499 e. The van der Waals surface area contributed by atoms with Crippen LogP contribution in [0.15, 0.2) is 0 Å². The van der Waals surface area contributed by atoms with E-state index in [1.165, 1.54) is 19.3 Å². The third-order valence-electron chi connectivity index (χ3n) is 2.64. The number of hydrogen-bond acceptors (Lipinski definition) is 1. The molecule has 1 atom stereocenters. The summed E-state index contributed by atoms with van der Waals surface area (Å²) >= 11 is 0. The molecule has 0 amide bonds. The van der Waals surface area contributed by atoms with Gasteiger partial charge in [-0.1, -0.05) is 27.2 Å². The van der Waals surface area contributed by atoms with Crippen molar-refractivity contribution >= 4 is 0 Å². The van der Waals surface area contributed by atoms with Gasteiger partial charge in [-0.15, -0.1) is 0 Å². The predicted octanol–water partition coefficient (Wildman–Crippen LogP) is 2.85. The summed E-state index contributed by atoms with van der Waals surface area (Å²) in [7, 11) is 0. The lowest BCUT2D eigenvalue weighted by atomic mass is 9.79. The van der Waals surface area contributed by atoms with Gasteiger partial charge in [0.25, 0.3) is 0 Å². The highest BCUT2D eigenvalue weighted by Crippen LogP contribution is 2.31. The first-order valence-corrected chi connectivity index (χ1v) is 4.68. The van der Waals surface area contributed by atoms with Crippen molar-refractivity contribution in [1.29, 1.82) is 0 Å². The third kappa shape index (κ3) is 2.82. The maximum atomic E-state index is 5.53. The van der Waals surface area contributed by atoms with Crippen molar-refractivity contribution in [2.24, 2.45) is 11.3 Å². The SMILES string of the molecule is CC(C)(C)C1CCCCOC1. The summed E-state index contributed by atoms with van der Waals surface area (Å²) in [4.78, 5) is 0. The Morgan fingerprint density at radius 1 is 1.18 bits per heavy atom. The van der Waals surface area contributed by atoms with Gasteiger partial charge >= 0.3 is 0 Å². The molecule has 0 aromatic carbocycles. The predicted molar refractivity (Wildman–Crippen MR) is 47.6 cm³/mol. The molecule has 0 aliphatic carbocycles. The summed E-state index contributed by atoms with van der Waals surface area (Å²) in [5.41, 5.74) is 0.435. The number of rotatable bonds is 0. The average Bonchev–Trinajstić information content (AvgIpc) is 2.10. The van der Waals surface area contributed by atoms with Crippen LogP contribution < -0.4 is 0 Å². The van der Waals surface area contributed by atoms with E-state index in [0.717, 1.165) is 19.1 Å². The van der Waals surface area contributed by atoms with Crippen LogP contribution in [0.5, 0.6) is 0 Å². The standard InChI is InChI=1S/C10H20O/c1-10(2,3)9-6-4-5-7-11-8-9/h9H,4-8H2,1-3H3. The molecule has 1 heterocycles. The quantitative estimate of drug-likeness (QED) is 0.524. The zero-order valence-electron chi connectivity index (χ0n) is 8.02. The molecule has 0 radical (unpaired) electrons. The Hall–Kier alpha value is -0.0400. The Morgan fingerprint density at radius 3 is 2.55 bits per heavy atom. The van der Waals surface area contributed by atoms with Crippen LogP contribution in [-0.4, -0.2) is 13.2 Å². The highest BCUT2D eigenvalue weighted by atomic mass is 16.5. The molecule has 1 unspecified atom stereocenters. The van der Waals surface area contributed by atoms with Crippen LogP contribution in [0.2, 0.25) is 0 Å².